The van der Waals surface area contributed by atoms with E-state index < -0.39 is 36.2 Å². The van der Waals surface area contributed by atoms with Crippen molar-refractivity contribution in [3.8, 4) is 17.2 Å². The van der Waals surface area contributed by atoms with Gasteiger partial charge in [0.25, 0.3) is 11.8 Å². The topological polar surface area (TPSA) is 132 Å². The molecule has 1 atom stereocenters. The first-order valence-electron chi connectivity index (χ1n) is 10.3. The third-order valence-corrected chi connectivity index (χ3v) is 5.05. The molecule has 0 unspecified atom stereocenters. The molecular weight excluding hydrogens is 446 g/mol. The van der Waals surface area contributed by atoms with Crippen LogP contribution in [0.15, 0.2) is 42.5 Å². The van der Waals surface area contributed by atoms with E-state index in [0.29, 0.717) is 11.4 Å². The van der Waals surface area contributed by atoms with Gasteiger partial charge in [-0.05, 0) is 24.3 Å². The summed E-state index contributed by atoms with van der Waals surface area (Å²) in [6.45, 7) is -0.621. The number of hydrogen-bond donors (Lipinski definition) is 2. The lowest BCUT2D eigenvalue weighted by Crippen LogP contribution is -2.43. The van der Waals surface area contributed by atoms with Crippen molar-refractivity contribution in [2.75, 3.05) is 39.8 Å². The summed E-state index contributed by atoms with van der Waals surface area (Å²) in [4.78, 5) is 49.6. The van der Waals surface area contributed by atoms with Crippen molar-refractivity contribution >= 4 is 29.4 Å². The van der Waals surface area contributed by atoms with Gasteiger partial charge >= 0.3 is 5.97 Å². The lowest BCUT2D eigenvalue weighted by Gasteiger charge is -2.19. The highest BCUT2D eigenvalue weighted by molar-refractivity contribution is 6.01. The monoisotopic (exact) mass is 471 g/mol. The first-order chi connectivity index (χ1) is 16.4. The van der Waals surface area contributed by atoms with Gasteiger partial charge in [-0.2, -0.15) is 0 Å². The third kappa shape index (κ3) is 5.74. The normalized spacial score (nSPS) is 14.9. The van der Waals surface area contributed by atoms with E-state index in [9.17, 15) is 19.2 Å². The molecule has 0 aliphatic carbocycles. The summed E-state index contributed by atoms with van der Waals surface area (Å²) in [5.41, 5.74) is 3.07. The number of esters is 1. The lowest BCUT2D eigenvalue weighted by molar-refractivity contribution is -0.151. The second kappa shape index (κ2) is 11.0. The van der Waals surface area contributed by atoms with Crippen LogP contribution in [0.5, 0.6) is 17.2 Å². The molecule has 2 aromatic carbocycles. The fourth-order valence-electron chi connectivity index (χ4n) is 3.38. The van der Waals surface area contributed by atoms with Crippen LogP contribution in [-0.2, 0) is 19.1 Å². The summed E-state index contributed by atoms with van der Waals surface area (Å²) in [6, 6.07) is 11.5. The Hall–Kier alpha value is -4.28. The smallest absolute Gasteiger partial charge is 0.311 e. The fourth-order valence-corrected chi connectivity index (χ4v) is 3.38. The Morgan fingerprint density at radius 2 is 1.68 bits per heavy atom. The molecule has 1 saturated heterocycles. The van der Waals surface area contributed by atoms with Gasteiger partial charge in [-0.15, -0.1) is 0 Å². The molecule has 1 aliphatic rings. The second-order valence-corrected chi connectivity index (χ2v) is 7.27. The van der Waals surface area contributed by atoms with Gasteiger partial charge in [0.05, 0.1) is 33.8 Å². The van der Waals surface area contributed by atoms with Crippen molar-refractivity contribution in [1.29, 1.82) is 0 Å². The number of ether oxygens (including phenoxy) is 4. The molecule has 1 fully saturated rings. The molecule has 3 amide bonds. The van der Waals surface area contributed by atoms with E-state index >= 15 is 0 Å². The summed E-state index contributed by atoms with van der Waals surface area (Å²) >= 11 is 0. The molecule has 2 N–H and O–H groups in total. The number of rotatable bonds is 9. The Morgan fingerprint density at radius 3 is 2.32 bits per heavy atom. The maximum absolute atomic E-state index is 12.8. The molecule has 0 bridgehead atoms. The Morgan fingerprint density at radius 1 is 1.00 bits per heavy atom. The quantitative estimate of drug-likeness (QED) is 0.525. The summed E-state index contributed by atoms with van der Waals surface area (Å²) in [7, 11) is 4.32. The first kappa shape index (κ1) is 24.4. The van der Waals surface area contributed by atoms with Crippen molar-refractivity contribution in [2.45, 2.75) is 6.42 Å². The summed E-state index contributed by atoms with van der Waals surface area (Å²) in [6.07, 6.45) is -0.167. The van der Waals surface area contributed by atoms with Crippen LogP contribution >= 0.6 is 0 Å². The van der Waals surface area contributed by atoms with Gasteiger partial charge < -0.3 is 24.3 Å². The molecule has 0 saturated carbocycles. The molecule has 11 heteroatoms. The SMILES string of the molecule is COc1cccc(NC(=O)COC(=O)[C@H]2CC(=O)N(NC(=O)c3c(OC)cccc3OC)C2)c1. The van der Waals surface area contributed by atoms with Crippen LogP contribution in [0.2, 0.25) is 0 Å². The number of benzene rings is 2. The van der Waals surface area contributed by atoms with Gasteiger partial charge in [0.2, 0.25) is 5.91 Å². The minimum absolute atomic E-state index is 0.0988. The molecule has 34 heavy (non-hydrogen) atoms. The van der Waals surface area contributed by atoms with Crippen molar-refractivity contribution in [3.63, 3.8) is 0 Å². The number of carbonyl (C=O) groups is 4. The maximum Gasteiger partial charge on any atom is 0.311 e. The van der Waals surface area contributed by atoms with Crippen LogP contribution in [-0.4, -0.2) is 63.2 Å². The fraction of sp³-hybridized carbons (Fsp3) is 0.304. The second-order valence-electron chi connectivity index (χ2n) is 7.27. The molecule has 1 heterocycles. The number of methoxy groups -OCH3 is 3. The van der Waals surface area contributed by atoms with Crippen molar-refractivity contribution in [3.05, 3.63) is 48.0 Å². The predicted octanol–water partition coefficient (Wildman–Crippen LogP) is 1.39. The molecule has 0 spiro atoms. The Kier molecular flexibility index (Phi) is 7.91. The van der Waals surface area contributed by atoms with E-state index in [1.807, 2.05) is 0 Å². The first-order valence-corrected chi connectivity index (χ1v) is 10.3. The molecule has 1 aliphatic heterocycles. The highest BCUT2D eigenvalue weighted by Gasteiger charge is 2.37. The van der Waals surface area contributed by atoms with E-state index in [-0.39, 0.29) is 30.0 Å². The van der Waals surface area contributed by atoms with Gasteiger partial charge in [0.1, 0.15) is 22.8 Å². The number of carbonyl (C=O) groups excluding carboxylic acids is 4. The molecule has 0 radical (unpaired) electrons. The molecule has 3 rings (SSSR count). The van der Waals surface area contributed by atoms with Gasteiger partial charge in [-0.3, -0.25) is 29.6 Å². The van der Waals surface area contributed by atoms with Crippen LogP contribution in [0.4, 0.5) is 5.69 Å². The molecule has 0 aromatic heterocycles. The Balaban J connectivity index is 1.54. The summed E-state index contributed by atoms with van der Waals surface area (Å²) in [5, 5.41) is 3.63. The van der Waals surface area contributed by atoms with Crippen LogP contribution in [0.1, 0.15) is 16.8 Å². The summed E-state index contributed by atoms with van der Waals surface area (Å²) in [5.74, 6) is -2.11. The molecule has 2 aromatic rings. The molecular formula is C23H25N3O8. The zero-order chi connectivity index (χ0) is 24.7. The van der Waals surface area contributed by atoms with Gasteiger partial charge in [0.15, 0.2) is 6.61 Å². The minimum atomic E-state index is -0.836. The minimum Gasteiger partial charge on any atom is -0.497 e. The van der Waals surface area contributed by atoms with Crippen molar-refractivity contribution in [2.24, 2.45) is 5.92 Å². The third-order valence-electron chi connectivity index (χ3n) is 5.05. The number of anilines is 1. The average molecular weight is 471 g/mol. The highest BCUT2D eigenvalue weighted by Crippen LogP contribution is 2.28. The zero-order valence-corrected chi connectivity index (χ0v) is 19.0. The van der Waals surface area contributed by atoms with Gasteiger partial charge in [-0.1, -0.05) is 12.1 Å². The lowest BCUT2D eigenvalue weighted by atomic mass is 10.1. The van der Waals surface area contributed by atoms with Crippen LogP contribution < -0.4 is 25.0 Å². The van der Waals surface area contributed by atoms with E-state index in [0.717, 1.165) is 5.01 Å². The van der Waals surface area contributed by atoms with Crippen LogP contribution in [0.3, 0.4) is 0 Å². The zero-order valence-electron chi connectivity index (χ0n) is 19.0. The number of hydrazine groups is 1. The standard InChI is InChI=1S/C23H25N3O8/c1-31-16-7-4-6-15(11-16)24-19(27)13-34-23(30)14-10-20(28)26(12-14)25-22(29)21-17(32-2)8-5-9-18(21)33-3/h4-9,11,14H,10,12-13H2,1-3H3,(H,24,27)(H,25,29)/t14-/m0/s1. The number of amides is 3. The number of hydrogen-bond acceptors (Lipinski definition) is 8. The van der Waals surface area contributed by atoms with E-state index in [2.05, 4.69) is 10.7 Å². The largest absolute Gasteiger partial charge is 0.497 e. The summed E-state index contributed by atoms with van der Waals surface area (Å²) < 4.78 is 20.6. The van der Waals surface area contributed by atoms with Gasteiger partial charge in [-0.25, -0.2) is 0 Å². The van der Waals surface area contributed by atoms with E-state index in [4.69, 9.17) is 18.9 Å². The Bertz CT molecular complexity index is 1070. The number of nitrogens with zero attached hydrogens (tertiary/aromatic N) is 1. The van der Waals surface area contributed by atoms with Crippen molar-refractivity contribution in [1.82, 2.24) is 10.4 Å². The van der Waals surface area contributed by atoms with Crippen molar-refractivity contribution < 1.29 is 38.1 Å². The van der Waals surface area contributed by atoms with Gasteiger partial charge in [0, 0.05) is 18.2 Å². The van der Waals surface area contributed by atoms with Crippen LogP contribution in [0, 0.1) is 5.92 Å². The number of nitrogens with one attached hydrogen (secondary N) is 2. The van der Waals surface area contributed by atoms with Crippen LogP contribution in [0.25, 0.3) is 0 Å². The van der Waals surface area contributed by atoms with E-state index in [1.54, 1.807) is 42.5 Å². The predicted molar refractivity (Wildman–Crippen MR) is 119 cm³/mol. The maximum atomic E-state index is 12.8. The molecule has 180 valence electrons. The highest BCUT2D eigenvalue weighted by atomic mass is 16.5. The Labute approximate surface area is 195 Å². The molecule has 11 nitrogen and oxygen atoms in total. The average Bonchev–Trinajstić information content (AvgIpc) is 3.21. The van der Waals surface area contributed by atoms with E-state index in [1.165, 1.54) is 21.3 Å².